The molecular weight excluding hydrogens is 456 g/mol. The number of sulfonamides is 1. The molecule has 3 aromatic carbocycles. The molecule has 1 aliphatic rings. The average molecular weight is 477 g/mol. The number of anilines is 2. The lowest BCUT2D eigenvalue weighted by Gasteiger charge is -2.19. The molecule has 9 heteroatoms. The zero-order valence-corrected chi connectivity index (χ0v) is 18.7. The maximum atomic E-state index is 12.8. The molecule has 8 nitrogen and oxygen atoms in total. The summed E-state index contributed by atoms with van der Waals surface area (Å²) >= 11 is 0. The molecule has 0 saturated heterocycles. The summed E-state index contributed by atoms with van der Waals surface area (Å²) in [5.74, 6) is 0.681. The van der Waals surface area contributed by atoms with Gasteiger partial charge in [0, 0.05) is 23.0 Å². The molecule has 0 radical (unpaired) electrons. The van der Waals surface area contributed by atoms with Crippen LogP contribution in [0, 0.1) is 0 Å². The molecule has 0 fully saturated rings. The number of carbonyl (C=O) groups excluding carboxylic acids is 1. The molecular formula is C25H20N2O6S. The minimum absolute atomic E-state index is 0.0559. The van der Waals surface area contributed by atoms with E-state index in [4.69, 9.17) is 13.9 Å². The van der Waals surface area contributed by atoms with Crippen molar-refractivity contribution in [2.75, 3.05) is 23.3 Å². The quantitative estimate of drug-likeness (QED) is 0.415. The van der Waals surface area contributed by atoms with Crippen molar-refractivity contribution in [3.05, 3.63) is 90.9 Å². The van der Waals surface area contributed by atoms with Gasteiger partial charge in [0.25, 0.3) is 15.9 Å². The van der Waals surface area contributed by atoms with Crippen LogP contribution in [0.4, 0.5) is 11.4 Å². The number of hydrogen-bond acceptors (Lipinski definition) is 6. The summed E-state index contributed by atoms with van der Waals surface area (Å²) in [6.07, 6.45) is 1.47. The number of ether oxygens (including phenoxy) is 2. The first-order chi connectivity index (χ1) is 16.5. The molecule has 0 bridgehead atoms. The van der Waals surface area contributed by atoms with Gasteiger partial charge in [-0.25, -0.2) is 8.42 Å². The van der Waals surface area contributed by atoms with Gasteiger partial charge in [0.2, 0.25) is 0 Å². The Morgan fingerprint density at radius 3 is 2.26 bits per heavy atom. The Balaban J connectivity index is 1.28. The van der Waals surface area contributed by atoms with E-state index in [1.807, 2.05) is 30.3 Å². The molecule has 0 saturated carbocycles. The van der Waals surface area contributed by atoms with E-state index in [1.165, 1.54) is 18.4 Å². The molecule has 0 spiro atoms. The molecule has 34 heavy (non-hydrogen) atoms. The van der Waals surface area contributed by atoms with Crippen LogP contribution in [0.2, 0.25) is 0 Å². The number of nitrogens with one attached hydrogen (secondary N) is 2. The molecule has 2 heterocycles. The summed E-state index contributed by atoms with van der Waals surface area (Å²) in [6, 6.07) is 22.0. The Bertz CT molecular complexity index is 1430. The van der Waals surface area contributed by atoms with E-state index in [1.54, 1.807) is 36.4 Å². The Morgan fingerprint density at radius 1 is 0.794 bits per heavy atom. The predicted octanol–water partition coefficient (Wildman–Crippen LogP) is 4.77. The maximum absolute atomic E-state index is 12.8. The van der Waals surface area contributed by atoms with Crippen molar-refractivity contribution in [3.8, 4) is 22.6 Å². The Hall–Kier alpha value is -4.24. The highest BCUT2D eigenvalue weighted by Gasteiger charge is 2.20. The van der Waals surface area contributed by atoms with E-state index in [0.717, 1.165) is 5.56 Å². The summed E-state index contributed by atoms with van der Waals surface area (Å²) in [5, 5.41) is 2.77. The highest BCUT2D eigenvalue weighted by atomic mass is 32.2. The van der Waals surface area contributed by atoms with Gasteiger partial charge in [-0.05, 0) is 48.0 Å². The zero-order chi connectivity index (χ0) is 23.5. The normalized spacial score (nSPS) is 12.7. The molecule has 0 aliphatic carbocycles. The van der Waals surface area contributed by atoms with Crippen molar-refractivity contribution in [1.82, 2.24) is 0 Å². The Morgan fingerprint density at radius 2 is 1.50 bits per heavy atom. The fourth-order valence-electron chi connectivity index (χ4n) is 3.54. The molecule has 1 amide bonds. The number of benzene rings is 3. The number of carbonyl (C=O) groups is 1. The second kappa shape index (κ2) is 8.95. The van der Waals surface area contributed by atoms with E-state index in [0.29, 0.717) is 41.7 Å². The van der Waals surface area contributed by atoms with E-state index >= 15 is 0 Å². The topological polar surface area (TPSA) is 107 Å². The van der Waals surface area contributed by atoms with Crippen molar-refractivity contribution < 1.29 is 27.1 Å². The van der Waals surface area contributed by atoms with Crippen molar-refractivity contribution in [1.29, 1.82) is 0 Å². The summed E-state index contributed by atoms with van der Waals surface area (Å²) in [6.45, 7) is 0.787. The van der Waals surface area contributed by atoms with Crippen LogP contribution in [0.5, 0.6) is 11.5 Å². The second-order valence-electron chi connectivity index (χ2n) is 7.47. The maximum Gasteiger partial charge on any atom is 0.292 e. The molecule has 172 valence electrons. The van der Waals surface area contributed by atoms with E-state index in [-0.39, 0.29) is 10.7 Å². The van der Waals surface area contributed by atoms with Crippen LogP contribution in [0.25, 0.3) is 11.1 Å². The Kier molecular flexibility index (Phi) is 5.69. The van der Waals surface area contributed by atoms with Gasteiger partial charge < -0.3 is 19.2 Å². The third-order valence-electron chi connectivity index (χ3n) is 5.18. The fraction of sp³-hybridized carbons (Fsp3) is 0.0800. The van der Waals surface area contributed by atoms with Crippen LogP contribution in [-0.4, -0.2) is 27.5 Å². The lowest BCUT2D eigenvalue weighted by atomic mass is 10.1. The van der Waals surface area contributed by atoms with Gasteiger partial charge in [0.15, 0.2) is 17.3 Å². The van der Waals surface area contributed by atoms with E-state index in [2.05, 4.69) is 10.0 Å². The summed E-state index contributed by atoms with van der Waals surface area (Å²) in [5.41, 5.74) is 2.38. The number of amides is 1. The summed E-state index contributed by atoms with van der Waals surface area (Å²) < 4.78 is 44.4. The van der Waals surface area contributed by atoms with Gasteiger partial charge in [0.05, 0.1) is 11.2 Å². The first kappa shape index (κ1) is 21.6. The predicted molar refractivity (Wildman–Crippen MR) is 127 cm³/mol. The van der Waals surface area contributed by atoms with Gasteiger partial charge in [-0.2, -0.15) is 0 Å². The Labute approximate surface area is 196 Å². The van der Waals surface area contributed by atoms with Gasteiger partial charge in [0.1, 0.15) is 13.2 Å². The largest absolute Gasteiger partial charge is 0.486 e. The third kappa shape index (κ3) is 4.46. The van der Waals surface area contributed by atoms with Gasteiger partial charge in [-0.15, -0.1) is 0 Å². The van der Waals surface area contributed by atoms with Crippen LogP contribution in [-0.2, 0) is 10.0 Å². The molecule has 0 atom stereocenters. The van der Waals surface area contributed by atoms with Crippen LogP contribution in [0.1, 0.15) is 10.6 Å². The molecule has 0 unspecified atom stereocenters. The van der Waals surface area contributed by atoms with E-state index in [9.17, 15) is 13.2 Å². The van der Waals surface area contributed by atoms with Crippen molar-refractivity contribution in [2.45, 2.75) is 4.90 Å². The number of hydrogen-bond donors (Lipinski definition) is 2. The fourth-order valence-corrected chi connectivity index (χ4v) is 4.62. The standard InChI is InChI=1S/C25H20N2O6S/c28-25(24-21(12-13-33-24)17-4-2-1-3-5-17)26-18-6-8-19(9-7-18)27-34(29,30)20-10-11-22-23(16-20)32-15-14-31-22/h1-13,16,27H,14-15H2,(H,26,28). The van der Waals surface area contributed by atoms with Crippen LogP contribution >= 0.6 is 0 Å². The van der Waals surface area contributed by atoms with Crippen molar-refractivity contribution >= 4 is 27.3 Å². The van der Waals surface area contributed by atoms with Crippen LogP contribution in [0.15, 0.2) is 94.4 Å². The number of rotatable bonds is 6. The second-order valence-corrected chi connectivity index (χ2v) is 9.15. The summed E-state index contributed by atoms with van der Waals surface area (Å²) in [4.78, 5) is 12.8. The highest BCUT2D eigenvalue weighted by Crippen LogP contribution is 2.33. The number of fused-ring (bicyclic) bond motifs is 1. The number of furan rings is 1. The van der Waals surface area contributed by atoms with Gasteiger partial charge in [-0.3, -0.25) is 9.52 Å². The minimum atomic E-state index is -3.84. The lowest BCUT2D eigenvalue weighted by molar-refractivity contribution is 0.0997. The lowest BCUT2D eigenvalue weighted by Crippen LogP contribution is -2.17. The minimum Gasteiger partial charge on any atom is -0.486 e. The van der Waals surface area contributed by atoms with Crippen molar-refractivity contribution in [2.24, 2.45) is 0 Å². The average Bonchev–Trinajstić information content (AvgIpc) is 3.36. The highest BCUT2D eigenvalue weighted by molar-refractivity contribution is 7.92. The SMILES string of the molecule is O=C(Nc1ccc(NS(=O)(=O)c2ccc3c(c2)OCCO3)cc1)c1occc1-c1ccccc1. The molecule has 1 aromatic heterocycles. The van der Waals surface area contributed by atoms with Crippen molar-refractivity contribution in [3.63, 3.8) is 0 Å². The first-order valence-electron chi connectivity index (χ1n) is 10.5. The zero-order valence-electron chi connectivity index (χ0n) is 17.9. The molecule has 4 aromatic rings. The van der Waals surface area contributed by atoms with Gasteiger partial charge in [-0.1, -0.05) is 30.3 Å². The first-order valence-corrected chi connectivity index (χ1v) is 11.9. The summed E-state index contributed by atoms with van der Waals surface area (Å²) in [7, 11) is -3.84. The smallest absolute Gasteiger partial charge is 0.292 e. The monoisotopic (exact) mass is 476 g/mol. The van der Waals surface area contributed by atoms with Gasteiger partial charge >= 0.3 is 0 Å². The third-order valence-corrected chi connectivity index (χ3v) is 6.55. The molecule has 2 N–H and O–H groups in total. The molecule has 5 rings (SSSR count). The van der Waals surface area contributed by atoms with E-state index < -0.39 is 15.9 Å². The van der Waals surface area contributed by atoms with Crippen LogP contribution < -0.4 is 19.5 Å². The molecule has 1 aliphatic heterocycles. The van der Waals surface area contributed by atoms with Crippen LogP contribution in [0.3, 0.4) is 0 Å².